The number of carbonyl (C=O) groups excluding carboxylic acids is 2. The molecule has 3 aromatic carbocycles. The highest BCUT2D eigenvalue weighted by atomic mass is 35.5. The molecule has 0 radical (unpaired) electrons. The Morgan fingerprint density at radius 3 is 2.42 bits per heavy atom. The molecule has 0 atom stereocenters. The van der Waals surface area contributed by atoms with Gasteiger partial charge in [0.1, 0.15) is 12.3 Å². The Morgan fingerprint density at radius 1 is 1.06 bits per heavy atom. The van der Waals surface area contributed by atoms with Crippen LogP contribution in [-0.2, 0) is 4.79 Å². The van der Waals surface area contributed by atoms with E-state index in [4.69, 9.17) is 16.3 Å². The number of amides is 2. The van der Waals surface area contributed by atoms with Gasteiger partial charge in [-0.15, -0.1) is 0 Å². The van der Waals surface area contributed by atoms with Gasteiger partial charge < -0.3 is 9.64 Å². The van der Waals surface area contributed by atoms with Gasteiger partial charge in [0, 0.05) is 34.6 Å². The van der Waals surface area contributed by atoms with Crippen molar-refractivity contribution in [3.05, 3.63) is 95.1 Å². The number of nitrogens with one attached hydrogen (secondary N) is 1. The van der Waals surface area contributed by atoms with Crippen molar-refractivity contribution in [2.75, 3.05) is 25.5 Å². The molecule has 0 saturated carbocycles. The summed E-state index contributed by atoms with van der Waals surface area (Å²) in [6.07, 6.45) is 1.87. The summed E-state index contributed by atoms with van der Waals surface area (Å²) in [5.74, 6) is 0.440. The van der Waals surface area contributed by atoms with Crippen molar-refractivity contribution < 1.29 is 14.3 Å². The van der Waals surface area contributed by atoms with E-state index in [1.807, 2.05) is 61.0 Å². The van der Waals surface area contributed by atoms with Crippen LogP contribution in [0.15, 0.2) is 79.0 Å². The largest absolute Gasteiger partial charge is 0.497 e. The second-order valence-electron chi connectivity index (χ2n) is 8.26. The lowest BCUT2D eigenvalue weighted by atomic mass is 10.2. The lowest BCUT2D eigenvalue weighted by Crippen LogP contribution is -2.38. The summed E-state index contributed by atoms with van der Waals surface area (Å²) in [6.45, 7) is 4.10. The van der Waals surface area contributed by atoms with Crippen molar-refractivity contribution in [2.24, 2.45) is 0 Å². The minimum absolute atomic E-state index is 0.113. The zero-order chi connectivity index (χ0) is 25.7. The molecule has 184 valence electrons. The zero-order valence-corrected chi connectivity index (χ0v) is 21.1. The van der Waals surface area contributed by atoms with E-state index in [2.05, 4.69) is 10.3 Å². The van der Waals surface area contributed by atoms with E-state index >= 15 is 0 Å². The van der Waals surface area contributed by atoms with Crippen molar-refractivity contribution in [3.63, 3.8) is 0 Å². The predicted octanol–water partition coefficient (Wildman–Crippen LogP) is 5.61. The summed E-state index contributed by atoms with van der Waals surface area (Å²) >= 11 is 6.04. The van der Waals surface area contributed by atoms with Crippen molar-refractivity contribution in [3.8, 4) is 22.7 Å². The van der Waals surface area contributed by atoms with Crippen LogP contribution in [0.2, 0.25) is 5.02 Å². The van der Waals surface area contributed by atoms with Crippen LogP contribution in [0.5, 0.6) is 5.75 Å². The van der Waals surface area contributed by atoms with Crippen LogP contribution in [0, 0.1) is 6.92 Å². The Kier molecular flexibility index (Phi) is 7.71. The Labute approximate surface area is 215 Å². The molecule has 2 amide bonds. The van der Waals surface area contributed by atoms with Crippen LogP contribution >= 0.6 is 11.6 Å². The normalized spacial score (nSPS) is 10.7. The molecule has 0 spiro atoms. The number of ether oxygens (including phenoxy) is 1. The van der Waals surface area contributed by atoms with Gasteiger partial charge >= 0.3 is 0 Å². The van der Waals surface area contributed by atoms with Gasteiger partial charge in [-0.25, -0.2) is 4.98 Å². The van der Waals surface area contributed by atoms with Gasteiger partial charge in [0.05, 0.1) is 12.8 Å². The molecule has 1 N–H and O–H groups in total. The predicted molar refractivity (Wildman–Crippen MR) is 142 cm³/mol. The molecule has 4 aromatic rings. The minimum atomic E-state index is -0.346. The number of imidazole rings is 1. The highest BCUT2D eigenvalue weighted by Gasteiger charge is 2.20. The van der Waals surface area contributed by atoms with E-state index in [0.29, 0.717) is 34.5 Å². The summed E-state index contributed by atoms with van der Waals surface area (Å²) in [7, 11) is 1.57. The number of hydrogen-bond acceptors (Lipinski definition) is 4. The number of carbonyl (C=O) groups is 2. The fourth-order valence-corrected chi connectivity index (χ4v) is 3.91. The minimum Gasteiger partial charge on any atom is -0.497 e. The van der Waals surface area contributed by atoms with Crippen molar-refractivity contribution in [2.45, 2.75) is 13.8 Å². The van der Waals surface area contributed by atoms with Crippen molar-refractivity contribution in [1.82, 2.24) is 14.5 Å². The third kappa shape index (κ3) is 5.75. The number of benzene rings is 3. The number of likely N-dealkylation sites (N-methyl/N-ethyl adjacent to an activating group) is 1. The molecular formula is C28H27ClN4O3. The highest BCUT2D eigenvalue weighted by Crippen LogP contribution is 2.26. The molecule has 4 rings (SSSR count). The molecule has 0 aliphatic rings. The third-order valence-electron chi connectivity index (χ3n) is 5.72. The first-order valence-electron chi connectivity index (χ1n) is 11.5. The second-order valence-corrected chi connectivity index (χ2v) is 8.70. The number of nitrogens with zero attached hydrogens (tertiary/aromatic N) is 3. The number of hydrogen-bond donors (Lipinski definition) is 1. The number of aromatic nitrogens is 2. The number of rotatable bonds is 8. The summed E-state index contributed by atoms with van der Waals surface area (Å²) in [6, 6.07) is 22.1. The average Bonchev–Trinajstić information content (AvgIpc) is 3.31. The van der Waals surface area contributed by atoms with Gasteiger partial charge in [0.2, 0.25) is 11.9 Å². The number of methoxy groups -OCH3 is 1. The summed E-state index contributed by atoms with van der Waals surface area (Å²) in [5.41, 5.74) is 3.97. The molecule has 7 nitrogen and oxygen atoms in total. The van der Waals surface area contributed by atoms with Crippen LogP contribution in [0.25, 0.3) is 16.9 Å². The van der Waals surface area contributed by atoms with E-state index in [9.17, 15) is 9.59 Å². The molecule has 0 unspecified atom stereocenters. The standard InChI is InChI=1S/C28H27ClN4O3/c1-4-32(27(35)21-10-14-24(36-3)15-11-21)18-26(34)31-28-30-25(20-8-12-22(29)13-9-20)17-33(28)23-7-5-6-19(2)16-23/h5-17H,4,18H2,1-3H3,(H,30,31,34). The van der Waals surface area contributed by atoms with E-state index in [1.54, 1.807) is 43.5 Å². The zero-order valence-electron chi connectivity index (χ0n) is 20.4. The van der Waals surface area contributed by atoms with Crippen LogP contribution in [0.4, 0.5) is 5.95 Å². The van der Waals surface area contributed by atoms with Gasteiger partial charge in [0.15, 0.2) is 0 Å². The fraction of sp³-hybridized carbons (Fsp3) is 0.179. The lowest BCUT2D eigenvalue weighted by Gasteiger charge is -2.20. The van der Waals surface area contributed by atoms with E-state index in [1.165, 1.54) is 4.90 Å². The lowest BCUT2D eigenvalue weighted by molar-refractivity contribution is -0.116. The topological polar surface area (TPSA) is 76.5 Å². The molecule has 0 aliphatic heterocycles. The average molecular weight is 503 g/mol. The molecule has 0 aliphatic carbocycles. The maximum atomic E-state index is 13.1. The molecule has 1 aromatic heterocycles. The highest BCUT2D eigenvalue weighted by molar-refractivity contribution is 6.30. The maximum absolute atomic E-state index is 13.1. The first-order valence-corrected chi connectivity index (χ1v) is 11.9. The number of anilines is 1. The van der Waals surface area contributed by atoms with Crippen LogP contribution in [-0.4, -0.2) is 46.5 Å². The molecular weight excluding hydrogens is 476 g/mol. The Balaban J connectivity index is 1.58. The van der Waals surface area contributed by atoms with Gasteiger partial charge in [-0.1, -0.05) is 35.9 Å². The van der Waals surface area contributed by atoms with E-state index < -0.39 is 0 Å². The summed E-state index contributed by atoms with van der Waals surface area (Å²) < 4.78 is 6.99. The van der Waals surface area contributed by atoms with Crippen LogP contribution in [0.1, 0.15) is 22.8 Å². The molecule has 0 saturated heterocycles. The van der Waals surface area contributed by atoms with E-state index in [0.717, 1.165) is 16.8 Å². The number of halogens is 1. The summed E-state index contributed by atoms with van der Waals surface area (Å²) in [4.78, 5) is 32.2. The molecule has 0 bridgehead atoms. The fourth-order valence-electron chi connectivity index (χ4n) is 3.78. The second kappa shape index (κ2) is 11.1. The smallest absolute Gasteiger partial charge is 0.254 e. The van der Waals surface area contributed by atoms with Gasteiger partial charge in [0.25, 0.3) is 5.91 Å². The first-order chi connectivity index (χ1) is 17.4. The Morgan fingerprint density at radius 2 is 1.78 bits per heavy atom. The first kappa shape index (κ1) is 25.0. The van der Waals surface area contributed by atoms with Gasteiger partial charge in [-0.3, -0.25) is 19.5 Å². The quantitative estimate of drug-likeness (QED) is 0.340. The van der Waals surface area contributed by atoms with Crippen molar-refractivity contribution in [1.29, 1.82) is 0 Å². The third-order valence-corrected chi connectivity index (χ3v) is 5.97. The SMILES string of the molecule is CCN(CC(=O)Nc1nc(-c2ccc(Cl)cc2)cn1-c1cccc(C)c1)C(=O)c1ccc(OC)cc1. The van der Waals surface area contributed by atoms with Gasteiger partial charge in [-0.2, -0.15) is 0 Å². The molecule has 8 heteroatoms. The van der Waals surface area contributed by atoms with Crippen molar-refractivity contribution >= 4 is 29.4 Å². The molecule has 1 heterocycles. The maximum Gasteiger partial charge on any atom is 0.254 e. The Hall–Kier alpha value is -4.10. The van der Waals surface area contributed by atoms with Gasteiger partial charge in [-0.05, 0) is 67.9 Å². The Bertz CT molecular complexity index is 1360. The number of aryl methyl sites for hydroxylation is 1. The molecule has 36 heavy (non-hydrogen) atoms. The summed E-state index contributed by atoms with van der Waals surface area (Å²) in [5, 5.41) is 3.52. The molecule has 0 fully saturated rings. The van der Waals surface area contributed by atoms with Crippen LogP contribution in [0.3, 0.4) is 0 Å². The van der Waals surface area contributed by atoms with Crippen LogP contribution < -0.4 is 10.1 Å². The monoisotopic (exact) mass is 502 g/mol. The van der Waals surface area contributed by atoms with E-state index in [-0.39, 0.29) is 18.4 Å².